The first-order valence-corrected chi connectivity index (χ1v) is 7.24. The molecule has 1 aromatic carbocycles. The number of halogens is 1. The van der Waals surface area contributed by atoms with Gasteiger partial charge in [0.2, 0.25) is 0 Å². The normalized spacial score (nSPS) is 21.6. The van der Waals surface area contributed by atoms with Crippen LogP contribution in [0.3, 0.4) is 0 Å². The molecule has 0 radical (unpaired) electrons. The standard InChI is InChI=1S/C15H20ClNO3/c1-19-12-7-4-8-13(20-2)14(12)15(18)17-9-10-5-3-6-11(10)16/h4,7-8,10-11H,3,5-6,9H2,1-2H3,(H,17,18). The molecule has 0 saturated heterocycles. The molecule has 0 spiro atoms. The number of methoxy groups -OCH3 is 2. The van der Waals surface area contributed by atoms with E-state index in [4.69, 9.17) is 21.1 Å². The summed E-state index contributed by atoms with van der Waals surface area (Å²) in [6.45, 7) is 0.591. The Morgan fingerprint density at radius 2 is 1.95 bits per heavy atom. The maximum absolute atomic E-state index is 12.4. The van der Waals surface area contributed by atoms with E-state index in [-0.39, 0.29) is 11.3 Å². The average Bonchev–Trinajstić information content (AvgIpc) is 2.89. The van der Waals surface area contributed by atoms with Crippen LogP contribution in [-0.2, 0) is 0 Å². The van der Waals surface area contributed by atoms with Crippen molar-refractivity contribution in [2.75, 3.05) is 20.8 Å². The summed E-state index contributed by atoms with van der Waals surface area (Å²) in [5.74, 6) is 1.18. The Balaban J connectivity index is 2.08. The van der Waals surface area contributed by atoms with Gasteiger partial charge >= 0.3 is 0 Å². The first kappa shape index (κ1) is 15.0. The molecule has 1 aliphatic rings. The van der Waals surface area contributed by atoms with Gasteiger partial charge in [-0.1, -0.05) is 12.5 Å². The van der Waals surface area contributed by atoms with Crippen LogP contribution < -0.4 is 14.8 Å². The molecule has 2 rings (SSSR count). The van der Waals surface area contributed by atoms with E-state index in [0.717, 1.165) is 19.3 Å². The Morgan fingerprint density at radius 3 is 2.45 bits per heavy atom. The predicted octanol–water partition coefficient (Wildman–Crippen LogP) is 2.84. The van der Waals surface area contributed by atoms with E-state index < -0.39 is 0 Å². The molecule has 0 aliphatic heterocycles. The lowest BCUT2D eigenvalue weighted by Gasteiger charge is -2.16. The molecule has 1 N–H and O–H groups in total. The van der Waals surface area contributed by atoms with Crippen molar-refractivity contribution in [1.82, 2.24) is 5.32 Å². The number of alkyl halides is 1. The minimum Gasteiger partial charge on any atom is -0.496 e. The van der Waals surface area contributed by atoms with Gasteiger partial charge in [0.1, 0.15) is 17.1 Å². The van der Waals surface area contributed by atoms with Crippen molar-refractivity contribution in [3.63, 3.8) is 0 Å². The van der Waals surface area contributed by atoms with E-state index in [1.807, 2.05) is 0 Å². The molecule has 0 aromatic heterocycles. The zero-order valence-corrected chi connectivity index (χ0v) is 12.6. The van der Waals surface area contributed by atoms with Gasteiger partial charge in [-0.15, -0.1) is 11.6 Å². The summed E-state index contributed by atoms with van der Waals surface area (Å²) in [6, 6.07) is 5.29. The molecule has 2 unspecified atom stereocenters. The molecule has 20 heavy (non-hydrogen) atoms. The summed E-state index contributed by atoms with van der Waals surface area (Å²) in [5.41, 5.74) is 0.432. The number of amides is 1. The van der Waals surface area contributed by atoms with E-state index in [1.54, 1.807) is 18.2 Å². The first-order chi connectivity index (χ1) is 9.67. The van der Waals surface area contributed by atoms with Crippen LogP contribution in [-0.4, -0.2) is 32.0 Å². The Hall–Kier alpha value is -1.42. The van der Waals surface area contributed by atoms with E-state index in [2.05, 4.69) is 5.32 Å². The highest BCUT2D eigenvalue weighted by Crippen LogP contribution is 2.31. The fourth-order valence-electron chi connectivity index (χ4n) is 2.61. The lowest BCUT2D eigenvalue weighted by Crippen LogP contribution is -2.31. The maximum atomic E-state index is 12.4. The van der Waals surface area contributed by atoms with Gasteiger partial charge in [-0.05, 0) is 30.9 Å². The number of rotatable bonds is 5. The van der Waals surface area contributed by atoms with Gasteiger partial charge in [0.05, 0.1) is 14.2 Å². The number of benzene rings is 1. The molecular formula is C15H20ClNO3. The molecule has 4 nitrogen and oxygen atoms in total. The largest absolute Gasteiger partial charge is 0.496 e. The van der Waals surface area contributed by atoms with Crippen molar-refractivity contribution in [2.45, 2.75) is 24.6 Å². The van der Waals surface area contributed by atoms with Gasteiger partial charge < -0.3 is 14.8 Å². The Bertz CT molecular complexity index is 456. The SMILES string of the molecule is COc1cccc(OC)c1C(=O)NCC1CCCC1Cl. The molecule has 1 aliphatic carbocycles. The quantitative estimate of drug-likeness (QED) is 0.850. The molecule has 1 fully saturated rings. The minimum atomic E-state index is -0.185. The summed E-state index contributed by atoms with van der Waals surface area (Å²) in [6.07, 6.45) is 3.23. The van der Waals surface area contributed by atoms with Gasteiger partial charge in [-0.25, -0.2) is 0 Å². The van der Waals surface area contributed by atoms with Gasteiger partial charge in [-0.3, -0.25) is 4.79 Å². The number of hydrogen-bond acceptors (Lipinski definition) is 3. The van der Waals surface area contributed by atoms with Crippen LogP contribution in [0.1, 0.15) is 29.6 Å². The molecular weight excluding hydrogens is 278 g/mol. The number of hydrogen-bond donors (Lipinski definition) is 1. The first-order valence-electron chi connectivity index (χ1n) is 6.80. The number of carbonyl (C=O) groups is 1. The fraction of sp³-hybridized carbons (Fsp3) is 0.533. The van der Waals surface area contributed by atoms with Gasteiger partial charge in [0.25, 0.3) is 5.91 Å². The third-order valence-electron chi connectivity index (χ3n) is 3.75. The zero-order valence-electron chi connectivity index (χ0n) is 11.8. The predicted molar refractivity (Wildman–Crippen MR) is 78.9 cm³/mol. The monoisotopic (exact) mass is 297 g/mol. The topological polar surface area (TPSA) is 47.6 Å². The second-order valence-corrected chi connectivity index (χ2v) is 5.52. The molecule has 0 heterocycles. The maximum Gasteiger partial charge on any atom is 0.258 e. The van der Waals surface area contributed by atoms with Crippen molar-refractivity contribution in [3.8, 4) is 11.5 Å². The van der Waals surface area contributed by atoms with E-state index in [9.17, 15) is 4.79 Å². The van der Waals surface area contributed by atoms with Gasteiger partial charge in [0, 0.05) is 11.9 Å². The van der Waals surface area contributed by atoms with Crippen LogP contribution in [0, 0.1) is 5.92 Å². The Kier molecular flexibility index (Phi) is 5.12. The lowest BCUT2D eigenvalue weighted by atomic mass is 10.1. The smallest absolute Gasteiger partial charge is 0.258 e. The van der Waals surface area contributed by atoms with Gasteiger partial charge in [-0.2, -0.15) is 0 Å². The van der Waals surface area contributed by atoms with Crippen molar-refractivity contribution in [3.05, 3.63) is 23.8 Å². The van der Waals surface area contributed by atoms with Crippen molar-refractivity contribution < 1.29 is 14.3 Å². The molecule has 1 aromatic rings. The van der Waals surface area contributed by atoms with E-state index in [0.29, 0.717) is 29.5 Å². The highest BCUT2D eigenvalue weighted by molar-refractivity contribution is 6.21. The van der Waals surface area contributed by atoms with Crippen LogP contribution >= 0.6 is 11.6 Å². The molecule has 0 bridgehead atoms. The summed E-state index contributed by atoms with van der Waals surface area (Å²) >= 11 is 6.22. The molecule has 1 saturated carbocycles. The molecule has 5 heteroatoms. The minimum absolute atomic E-state index is 0.162. The number of ether oxygens (including phenoxy) is 2. The highest BCUT2D eigenvalue weighted by atomic mass is 35.5. The lowest BCUT2D eigenvalue weighted by molar-refractivity contribution is 0.0941. The summed E-state index contributed by atoms with van der Waals surface area (Å²) in [7, 11) is 3.08. The Morgan fingerprint density at radius 1 is 1.30 bits per heavy atom. The number of nitrogens with one attached hydrogen (secondary N) is 1. The Labute approximate surface area is 124 Å². The van der Waals surface area contributed by atoms with Crippen LogP contribution in [0.25, 0.3) is 0 Å². The fourth-order valence-corrected chi connectivity index (χ4v) is 2.98. The van der Waals surface area contributed by atoms with Gasteiger partial charge in [0.15, 0.2) is 0 Å². The summed E-state index contributed by atoms with van der Waals surface area (Å²) in [4.78, 5) is 12.4. The summed E-state index contributed by atoms with van der Waals surface area (Å²) < 4.78 is 10.5. The highest BCUT2D eigenvalue weighted by Gasteiger charge is 2.26. The van der Waals surface area contributed by atoms with Crippen LogP contribution in [0.4, 0.5) is 0 Å². The van der Waals surface area contributed by atoms with Crippen molar-refractivity contribution >= 4 is 17.5 Å². The second kappa shape index (κ2) is 6.84. The van der Waals surface area contributed by atoms with E-state index >= 15 is 0 Å². The zero-order chi connectivity index (χ0) is 14.5. The van der Waals surface area contributed by atoms with E-state index in [1.165, 1.54) is 14.2 Å². The van der Waals surface area contributed by atoms with Crippen LogP contribution in [0.2, 0.25) is 0 Å². The van der Waals surface area contributed by atoms with Crippen molar-refractivity contribution in [1.29, 1.82) is 0 Å². The summed E-state index contributed by atoms with van der Waals surface area (Å²) in [5, 5.41) is 3.10. The third-order valence-corrected chi connectivity index (χ3v) is 4.32. The van der Waals surface area contributed by atoms with Crippen LogP contribution in [0.15, 0.2) is 18.2 Å². The second-order valence-electron chi connectivity index (χ2n) is 4.95. The molecule has 2 atom stereocenters. The molecule has 110 valence electrons. The number of carbonyl (C=O) groups excluding carboxylic acids is 1. The average molecular weight is 298 g/mol. The molecule has 1 amide bonds. The van der Waals surface area contributed by atoms with Crippen LogP contribution in [0.5, 0.6) is 11.5 Å². The third kappa shape index (κ3) is 3.18. The van der Waals surface area contributed by atoms with Crippen molar-refractivity contribution in [2.24, 2.45) is 5.92 Å².